The monoisotopic (exact) mass is 312 g/mol. The summed E-state index contributed by atoms with van der Waals surface area (Å²) in [6.45, 7) is 1.82. The van der Waals surface area contributed by atoms with Crippen LogP contribution in [-0.4, -0.2) is 16.9 Å². The number of carboxylic acid groups (broad SMARTS) is 1. The first-order valence-corrected chi connectivity index (χ1v) is 7.55. The van der Waals surface area contributed by atoms with Crippen molar-refractivity contribution in [3.8, 4) is 5.75 Å². The third-order valence-corrected chi connectivity index (χ3v) is 3.68. The topological polar surface area (TPSA) is 63.6 Å². The summed E-state index contributed by atoms with van der Waals surface area (Å²) in [5, 5.41) is 9.00. The summed E-state index contributed by atoms with van der Waals surface area (Å²) in [5.74, 6) is -1.52. The molecule has 2 rings (SSSR count). The minimum Gasteiger partial charge on any atom is -0.489 e. The van der Waals surface area contributed by atoms with Crippen LogP contribution in [0, 0.1) is 5.92 Å². The third kappa shape index (κ3) is 5.25. The van der Waals surface area contributed by atoms with Crippen molar-refractivity contribution in [2.45, 2.75) is 26.4 Å². The van der Waals surface area contributed by atoms with Crippen LogP contribution in [0.2, 0.25) is 0 Å². The Balaban J connectivity index is 1.87. The molecule has 0 saturated carbocycles. The molecular weight excluding hydrogens is 292 g/mol. The number of carbonyl (C=O) groups excluding carboxylic acids is 1. The van der Waals surface area contributed by atoms with E-state index in [1.807, 2.05) is 54.6 Å². The molecule has 0 aliphatic heterocycles. The second-order valence-electron chi connectivity index (χ2n) is 5.46. The standard InChI is InChI=1S/C19H20O4/c1-14(20)18(19(21)22)12-9-15-7-10-17(11-8-15)23-13-16-5-3-2-4-6-16/h2-8,10-11,18H,9,12-13H2,1H3,(H,21,22). The highest BCUT2D eigenvalue weighted by Crippen LogP contribution is 2.17. The van der Waals surface area contributed by atoms with Gasteiger partial charge in [0.1, 0.15) is 24.1 Å². The summed E-state index contributed by atoms with van der Waals surface area (Å²) in [7, 11) is 0. The molecule has 0 radical (unpaired) electrons. The SMILES string of the molecule is CC(=O)C(CCc1ccc(OCc2ccccc2)cc1)C(=O)O. The maximum Gasteiger partial charge on any atom is 0.314 e. The summed E-state index contributed by atoms with van der Waals surface area (Å²) in [5.41, 5.74) is 2.09. The lowest BCUT2D eigenvalue weighted by Gasteiger charge is -2.10. The molecule has 1 unspecified atom stereocenters. The van der Waals surface area contributed by atoms with Crippen molar-refractivity contribution in [3.05, 3.63) is 65.7 Å². The number of ketones is 1. The van der Waals surface area contributed by atoms with E-state index in [0.29, 0.717) is 19.4 Å². The quantitative estimate of drug-likeness (QED) is 0.758. The summed E-state index contributed by atoms with van der Waals surface area (Å²) < 4.78 is 5.70. The number of aryl methyl sites for hydroxylation is 1. The minimum atomic E-state index is -1.06. The van der Waals surface area contributed by atoms with Gasteiger partial charge in [-0.1, -0.05) is 42.5 Å². The lowest BCUT2D eigenvalue weighted by molar-refractivity contribution is -0.145. The number of carboxylic acids is 1. The number of Topliss-reactive ketones (excluding diaryl/α,β-unsaturated/α-hetero) is 1. The molecule has 2 aromatic carbocycles. The zero-order valence-electron chi connectivity index (χ0n) is 13.1. The Morgan fingerprint density at radius 1 is 1.00 bits per heavy atom. The van der Waals surface area contributed by atoms with Gasteiger partial charge in [0.05, 0.1) is 0 Å². The molecular formula is C19H20O4. The molecule has 0 heterocycles. The fourth-order valence-corrected chi connectivity index (χ4v) is 2.30. The van der Waals surface area contributed by atoms with E-state index >= 15 is 0 Å². The van der Waals surface area contributed by atoms with Gasteiger partial charge >= 0.3 is 5.97 Å². The first-order valence-electron chi connectivity index (χ1n) is 7.55. The van der Waals surface area contributed by atoms with E-state index in [4.69, 9.17) is 9.84 Å². The van der Waals surface area contributed by atoms with Crippen molar-refractivity contribution in [1.29, 1.82) is 0 Å². The molecule has 0 amide bonds. The Labute approximate surface area is 135 Å². The van der Waals surface area contributed by atoms with Crippen LogP contribution >= 0.6 is 0 Å². The molecule has 1 N–H and O–H groups in total. The van der Waals surface area contributed by atoms with Crippen molar-refractivity contribution in [2.24, 2.45) is 5.92 Å². The molecule has 0 saturated heterocycles. The number of carbonyl (C=O) groups is 2. The van der Waals surface area contributed by atoms with Gasteiger partial charge in [-0.05, 0) is 43.0 Å². The predicted octanol–water partition coefficient (Wildman–Crippen LogP) is 3.49. The second-order valence-corrected chi connectivity index (χ2v) is 5.46. The fourth-order valence-electron chi connectivity index (χ4n) is 2.30. The first kappa shape index (κ1) is 16.7. The zero-order chi connectivity index (χ0) is 16.7. The fraction of sp³-hybridized carbons (Fsp3) is 0.263. The molecule has 0 bridgehead atoms. The first-order chi connectivity index (χ1) is 11.1. The lowest BCUT2D eigenvalue weighted by Crippen LogP contribution is -2.22. The minimum absolute atomic E-state index is 0.305. The molecule has 4 nitrogen and oxygen atoms in total. The molecule has 0 fully saturated rings. The lowest BCUT2D eigenvalue weighted by atomic mass is 9.96. The number of benzene rings is 2. The number of rotatable bonds is 8. The van der Waals surface area contributed by atoms with Crippen LogP contribution in [0.4, 0.5) is 0 Å². The van der Waals surface area contributed by atoms with E-state index < -0.39 is 11.9 Å². The highest BCUT2D eigenvalue weighted by molar-refractivity contribution is 5.96. The number of ether oxygens (including phenoxy) is 1. The van der Waals surface area contributed by atoms with Gasteiger partial charge in [-0.2, -0.15) is 0 Å². The van der Waals surface area contributed by atoms with Gasteiger partial charge in [-0.25, -0.2) is 0 Å². The van der Waals surface area contributed by atoms with Crippen LogP contribution < -0.4 is 4.74 Å². The molecule has 1 atom stereocenters. The molecule has 0 spiro atoms. The van der Waals surface area contributed by atoms with E-state index in [1.165, 1.54) is 6.92 Å². The Morgan fingerprint density at radius 2 is 1.65 bits per heavy atom. The summed E-state index contributed by atoms with van der Waals surface area (Å²) in [6, 6.07) is 17.4. The molecule has 0 aromatic heterocycles. The number of hydrogen-bond acceptors (Lipinski definition) is 3. The molecule has 0 aliphatic carbocycles. The van der Waals surface area contributed by atoms with Gasteiger partial charge in [0.25, 0.3) is 0 Å². The maximum atomic E-state index is 11.3. The highest BCUT2D eigenvalue weighted by atomic mass is 16.5. The van der Waals surface area contributed by atoms with E-state index in [9.17, 15) is 9.59 Å². The highest BCUT2D eigenvalue weighted by Gasteiger charge is 2.21. The normalized spacial score (nSPS) is 11.7. The van der Waals surface area contributed by atoms with Crippen LogP contribution in [0.3, 0.4) is 0 Å². The average Bonchev–Trinajstić information content (AvgIpc) is 2.54. The van der Waals surface area contributed by atoms with Crippen LogP contribution in [0.25, 0.3) is 0 Å². The summed E-state index contributed by atoms with van der Waals surface area (Å²) >= 11 is 0. The van der Waals surface area contributed by atoms with E-state index in [-0.39, 0.29) is 5.78 Å². The molecule has 0 aliphatic rings. The van der Waals surface area contributed by atoms with Gasteiger partial charge in [0.15, 0.2) is 0 Å². The van der Waals surface area contributed by atoms with Crippen molar-refractivity contribution < 1.29 is 19.4 Å². The Kier molecular flexibility index (Phi) is 5.92. The van der Waals surface area contributed by atoms with E-state index in [1.54, 1.807) is 0 Å². The Hall–Kier alpha value is -2.62. The van der Waals surface area contributed by atoms with E-state index in [2.05, 4.69) is 0 Å². The van der Waals surface area contributed by atoms with Crippen molar-refractivity contribution in [3.63, 3.8) is 0 Å². The smallest absolute Gasteiger partial charge is 0.314 e. The maximum absolute atomic E-state index is 11.3. The van der Waals surface area contributed by atoms with Crippen LogP contribution in [0.15, 0.2) is 54.6 Å². The summed E-state index contributed by atoms with van der Waals surface area (Å²) in [6.07, 6.45) is 0.865. The van der Waals surface area contributed by atoms with Crippen molar-refractivity contribution in [2.75, 3.05) is 0 Å². The van der Waals surface area contributed by atoms with Crippen molar-refractivity contribution in [1.82, 2.24) is 0 Å². The summed E-state index contributed by atoms with van der Waals surface area (Å²) in [4.78, 5) is 22.3. The zero-order valence-corrected chi connectivity index (χ0v) is 13.1. The Morgan fingerprint density at radius 3 is 2.22 bits per heavy atom. The van der Waals surface area contributed by atoms with Gasteiger partial charge in [0, 0.05) is 0 Å². The van der Waals surface area contributed by atoms with Crippen LogP contribution in [-0.2, 0) is 22.6 Å². The van der Waals surface area contributed by atoms with Gasteiger partial charge in [0.2, 0.25) is 0 Å². The molecule has 2 aromatic rings. The van der Waals surface area contributed by atoms with Gasteiger partial charge < -0.3 is 9.84 Å². The van der Waals surface area contributed by atoms with Gasteiger partial charge in [-0.3, -0.25) is 9.59 Å². The molecule has 23 heavy (non-hydrogen) atoms. The van der Waals surface area contributed by atoms with E-state index in [0.717, 1.165) is 16.9 Å². The molecule has 4 heteroatoms. The number of hydrogen-bond donors (Lipinski definition) is 1. The Bertz CT molecular complexity index is 633. The average molecular weight is 312 g/mol. The van der Waals surface area contributed by atoms with Crippen LogP contribution in [0.5, 0.6) is 5.75 Å². The van der Waals surface area contributed by atoms with Crippen molar-refractivity contribution >= 4 is 11.8 Å². The second kappa shape index (κ2) is 8.13. The van der Waals surface area contributed by atoms with Crippen LogP contribution in [0.1, 0.15) is 24.5 Å². The predicted molar refractivity (Wildman–Crippen MR) is 87.3 cm³/mol. The number of aliphatic carboxylic acids is 1. The van der Waals surface area contributed by atoms with Gasteiger partial charge in [-0.15, -0.1) is 0 Å². The molecule has 120 valence electrons. The third-order valence-electron chi connectivity index (χ3n) is 3.68. The largest absolute Gasteiger partial charge is 0.489 e.